The third-order valence-electron chi connectivity index (χ3n) is 4.75. The molecule has 0 spiro atoms. The molecule has 27 heavy (non-hydrogen) atoms. The zero-order chi connectivity index (χ0) is 19.0. The van der Waals surface area contributed by atoms with E-state index in [1.165, 1.54) is 19.2 Å². The predicted octanol–water partition coefficient (Wildman–Crippen LogP) is 3.17. The van der Waals surface area contributed by atoms with Gasteiger partial charge >= 0.3 is 0 Å². The number of carbonyl (C=O) groups is 1. The number of anilines is 1. The number of carbonyl (C=O) groups excluding carboxylic acids is 1. The molecule has 0 atom stereocenters. The number of benzene rings is 2. The highest BCUT2D eigenvalue weighted by Gasteiger charge is 2.24. The topological polar surface area (TPSA) is 90.1 Å². The zero-order valence-electron chi connectivity index (χ0n) is 14.8. The number of hydrogen-bond donors (Lipinski definition) is 2. The van der Waals surface area contributed by atoms with Crippen LogP contribution >= 0.6 is 0 Å². The number of ether oxygens (including phenoxy) is 1. The smallest absolute Gasteiger partial charge is 0.273 e. The first kappa shape index (κ1) is 17.2. The monoisotopic (exact) mass is 366 g/mol. The molecule has 2 aromatic carbocycles. The average Bonchev–Trinajstić information content (AvgIpc) is 3.50. The molecule has 1 amide bonds. The zero-order valence-corrected chi connectivity index (χ0v) is 14.8. The van der Waals surface area contributed by atoms with Crippen LogP contribution in [0.2, 0.25) is 0 Å². The standard InChI is InChI=1S/C20H19FN4O2/c1-27-16-8-7-12(21)9-15(16)13-3-2-4-14-17(22)19(25-24-18(13)14)20(26)23-10-11-5-6-11/h2-4,7-9,11H,5-6,10H2,1H3,(H2,22,24)(H,23,26). The van der Waals surface area contributed by atoms with E-state index >= 15 is 0 Å². The van der Waals surface area contributed by atoms with Crippen molar-refractivity contribution in [3.63, 3.8) is 0 Å². The number of halogens is 1. The van der Waals surface area contributed by atoms with Crippen LogP contribution in [0.15, 0.2) is 36.4 Å². The number of rotatable bonds is 5. The van der Waals surface area contributed by atoms with E-state index < -0.39 is 0 Å². The Bertz CT molecular complexity index is 1030. The Morgan fingerprint density at radius 1 is 1.26 bits per heavy atom. The molecule has 4 rings (SSSR count). The van der Waals surface area contributed by atoms with Crippen LogP contribution in [-0.2, 0) is 0 Å². The van der Waals surface area contributed by atoms with Crippen molar-refractivity contribution >= 4 is 22.5 Å². The molecule has 1 aliphatic rings. The molecule has 0 unspecified atom stereocenters. The highest BCUT2D eigenvalue weighted by atomic mass is 19.1. The van der Waals surface area contributed by atoms with Gasteiger partial charge in [0.2, 0.25) is 0 Å². The second-order valence-electron chi connectivity index (χ2n) is 6.66. The van der Waals surface area contributed by atoms with Gasteiger partial charge in [-0.3, -0.25) is 4.79 Å². The van der Waals surface area contributed by atoms with Crippen molar-refractivity contribution in [2.45, 2.75) is 12.8 Å². The molecule has 3 N–H and O–H groups in total. The summed E-state index contributed by atoms with van der Waals surface area (Å²) in [5.41, 5.74) is 8.24. The first-order valence-electron chi connectivity index (χ1n) is 8.75. The maximum Gasteiger partial charge on any atom is 0.273 e. The number of aromatic nitrogens is 2. The Labute approximate surface area is 155 Å². The second-order valence-corrected chi connectivity index (χ2v) is 6.66. The number of nitrogens with zero attached hydrogens (tertiary/aromatic N) is 2. The van der Waals surface area contributed by atoms with Crippen molar-refractivity contribution in [3.8, 4) is 16.9 Å². The summed E-state index contributed by atoms with van der Waals surface area (Å²) in [4.78, 5) is 12.4. The summed E-state index contributed by atoms with van der Waals surface area (Å²) >= 11 is 0. The summed E-state index contributed by atoms with van der Waals surface area (Å²) in [6.07, 6.45) is 2.27. The molecular formula is C20H19FN4O2. The summed E-state index contributed by atoms with van der Waals surface area (Å²) in [5, 5.41) is 11.7. The minimum Gasteiger partial charge on any atom is -0.496 e. The van der Waals surface area contributed by atoms with E-state index in [4.69, 9.17) is 10.5 Å². The lowest BCUT2D eigenvalue weighted by molar-refractivity contribution is 0.0947. The number of fused-ring (bicyclic) bond motifs is 1. The molecule has 1 aromatic heterocycles. The molecule has 1 fully saturated rings. The fourth-order valence-electron chi connectivity index (χ4n) is 3.07. The minimum atomic E-state index is -0.389. The quantitative estimate of drug-likeness (QED) is 0.724. The van der Waals surface area contributed by atoms with E-state index in [0.29, 0.717) is 40.2 Å². The van der Waals surface area contributed by atoms with Crippen LogP contribution < -0.4 is 15.8 Å². The van der Waals surface area contributed by atoms with Crippen molar-refractivity contribution in [3.05, 3.63) is 47.9 Å². The number of amides is 1. The molecule has 1 saturated carbocycles. The number of hydrogen-bond acceptors (Lipinski definition) is 5. The number of nitrogens with two attached hydrogens (primary N) is 1. The Morgan fingerprint density at radius 3 is 2.81 bits per heavy atom. The summed E-state index contributed by atoms with van der Waals surface area (Å²) in [7, 11) is 1.52. The van der Waals surface area contributed by atoms with E-state index in [-0.39, 0.29) is 23.1 Å². The van der Waals surface area contributed by atoms with Crippen molar-refractivity contribution < 1.29 is 13.9 Å². The van der Waals surface area contributed by atoms with Crippen LogP contribution in [0, 0.1) is 11.7 Å². The van der Waals surface area contributed by atoms with Gasteiger partial charge in [0.25, 0.3) is 5.91 Å². The van der Waals surface area contributed by atoms with Crippen LogP contribution in [-0.4, -0.2) is 29.8 Å². The maximum atomic E-state index is 13.8. The highest BCUT2D eigenvalue weighted by molar-refractivity contribution is 6.07. The molecular weight excluding hydrogens is 347 g/mol. The van der Waals surface area contributed by atoms with Crippen LogP contribution in [0.4, 0.5) is 10.1 Å². The predicted molar refractivity (Wildman–Crippen MR) is 101 cm³/mol. The van der Waals surface area contributed by atoms with Gasteiger partial charge in [0.15, 0.2) is 5.69 Å². The van der Waals surface area contributed by atoms with Crippen molar-refractivity contribution in [1.29, 1.82) is 0 Å². The fourth-order valence-corrected chi connectivity index (χ4v) is 3.07. The molecule has 7 heteroatoms. The fraction of sp³-hybridized carbons (Fsp3) is 0.250. The number of methoxy groups -OCH3 is 1. The Kier molecular flexibility index (Phi) is 4.35. The van der Waals surface area contributed by atoms with Crippen molar-refractivity contribution in [2.24, 2.45) is 5.92 Å². The van der Waals surface area contributed by atoms with Gasteiger partial charge in [-0.05, 0) is 37.0 Å². The molecule has 3 aromatic rings. The largest absolute Gasteiger partial charge is 0.496 e. The highest BCUT2D eigenvalue weighted by Crippen LogP contribution is 2.36. The second kappa shape index (κ2) is 6.83. The van der Waals surface area contributed by atoms with Gasteiger partial charge in [0.1, 0.15) is 17.1 Å². The summed E-state index contributed by atoms with van der Waals surface area (Å²) in [6.45, 7) is 0.624. The first-order chi connectivity index (χ1) is 13.1. The third-order valence-corrected chi connectivity index (χ3v) is 4.75. The Balaban J connectivity index is 1.79. The van der Waals surface area contributed by atoms with Crippen LogP contribution in [0.5, 0.6) is 5.75 Å². The first-order valence-corrected chi connectivity index (χ1v) is 8.75. The summed E-state index contributed by atoms with van der Waals surface area (Å²) in [6, 6.07) is 9.61. The Morgan fingerprint density at radius 2 is 2.07 bits per heavy atom. The maximum absolute atomic E-state index is 13.8. The van der Waals surface area contributed by atoms with E-state index in [1.54, 1.807) is 24.3 Å². The molecule has 1 aliphatic carbocycles. The lowest BCUT2D eigenvalue weighted by Gasteiger charge is -2.13. The molecule has 138 valence electrons. The van der Waals surface area contributed by atoms with E-state index in [2.05, 4.69) is 15.5 Å². The molecule has 6 nitrogen and oxygen atoms in total. The van der Waals surface area contributed by atoms with Crippen molar-refractivity contribution in [1.82, 2.24) is 15.5 Å². The SMILES string of the molecule is COc1ccc(F)cc1-c1cccc2c(N)c(C(=O)NCC3CC3)nnc12. The van der Waals surface area contributed by atoms with Crippen molar-refractivity contribution in [2.75, 3.05) is 19.4 Å². The van der Waals surface area contributed by atoms with Gasteiger partial charge in [-0.25, -0.2) is 4.39 Å². The molecule has 0 aliphatic heterocycles. The Hall–Kier alpha value is -3.22. The number of nitrogens with one attached hydrogen (secondary N) is 1. The third kappa shape index (κ3) is 3.28. The van der Waals surface area contributed by atoms with Gasteiger partial charge in [-0.2, -0.15) is 0 Å². The number of nitrogen functional groups attached to an aromatic ring is 1. The molecule has 0 saturated heterocycles. The molecule has 1 heterocycles. The van der Waals surface area contributed by atoms with E-state index in [1.807, 2.05) is 0 Å². The van der Waals surface area contributed by atoms with Gasteiger partial charge in [-0.15, -0.1) is 10.2 Å². The van der Waals surface area contributed by atoms with Crippen LogP contribution in [0.1, 0.15) is 23.3 Å². The van der Waals surface area contributed by atoms with E-state index in [9.17, 15) is 9.18 Å². The molecule has 0 radical (unpaired) electrons. The summed E-state index contributed by atoms with van der Waals surface area (Å²) in [5.74, 6) is 0.341. The lowest BCUT2D eigenvalue weighted by Crippen LogP contribution is -2.27. The lowest BCUT2D eigenvalue weighted by atomic mass is 10.00. The normalized spacial score (nSPS) is 13.6. The van der Waals surface area contributed by atoms with Gasteiger partial charge in [0, 0.05) is 23.1 Å². The van der Waals surface area contributed by atoms with Crippen LogP contribution in [0.3, 0.4) is 0 Å². The van der Waals surface area contributed by atoms with Crippen LogP contribution in [0.25, 0.3) is 22.0 Å². The average molecular weight is 366 g/mol. The van der Waals surface area contributed by atoms with Gasteiger partial charge < -0.3 is 15.8 Å². The summed E-state index contributed by atoms with van der Waals surface area (Å²) < 4.78 is 19.2. The van der Waals surface area contributed by atoms with Gasteiger partial charge in [0.05, 0.1) is 12.8 Å². The minimum absolute atomic E-state index is 0.103. The van der Waals surface area contributed by atoms with E-state index in [0.717, 1.165) is 12.8 Å². The molecule has 0 bridgehead atoms. The van der Waals surface area contributed by atoms with Gasteiger partial charge in [-0.1, -0.05) is 18.2 Å².